The Bertz CT molecular complexity index is 682. The predicted octanol–water partition coefficient (Wildman–Crippen LogP) is 4.58. The van der Waals surface area contributed by atoms with Gasteiger partial charge in [0, 0.05) is 4.88 Å². The van der Waals surface area contributed by atoms with Crippen molar-refractivity contribution in [1.82, 2.24) is 0 Å². The van der Waals surface area contributed by atoms with Crippen molar-refractivity contribution in [3.05, 3.63) is 52.7 Å². The molecule has 0 amide bonds. The van der Waals surface area contributed by atoms with Crippen LogP contribution in [-0.4, -0.2) is 5.11 Å². The van der Waals surface area contributed by atoms with Crippen LogP contribution in [0.15, 0.2) is 47.8 Å². The Hall–Kier alpha value is -1.80. The molecule has 1 nitrogen and oxygen atoms in total. The number of hydrogen-bond donors (Lipinski definition) is 1. The quantitative estimate of drug-likeness (QED) is 0.660. The highest BCUT2D eigenvalue weighted by molar-refractivity contribution is 7.10. The predicted molar refractivity (Wildman–Crippen MR) is 73.7 cm³/mol. The largest absolute Gasteiger partial charge is 0.508 e. The summed E-state index contributed by atoms with van der Waals surface area (Å²) in [4.78, 5) is 1.34. The number of phenolic OH excluding ortho intramolecular Hbond substituents is 1. The summed E-state index contributed by atoms with van der Waals surface area (Å²) in [6, 6.07) is 14.0. The molecule has 2 heteroatoms. The number of aryl methyl sites for hydroxylation is 1. The van der Waals surface area contributed by atoms with E-state index in [-0.39, 0.29) is 0 Å². The molecule has 17 heavy (non-hydrogen) atoms. The Labute approximate surface area is 104 Å². The van der Waals surface area contributed by atoms with E-state index in [2.05, 4.69) is 36.6 Å². The molecule has 2 aromatic carbocycles. The average molecular weight is 240 g/mol. The topological polar surface area (TPSA) is 20.2 Å². The summed E-state index contributed by atoms with van der Waals surface area (Å²) in [5.74, 6) is 0.317. The Morgan fingerprint density at radius 1 is 0.941 bits per heavy atom. The van der Waals surface area contributed by atoms with Crippen LogP contribution in [0.25, 0.3) is 21.9 Å². The highest BCUT2D eigenvalue weighted by atomic mass is 32.1. The normalized spacial score (nSPS) is 10.9. The van der Waals surface area contributed by atoms with E-state index in [1.807, 2.05) is 6.07 Å². The fourth-order valence-electron chi connectivity index (χ4n) is 2.09. The SMILES string of the molecule is Cc1sccc1-c1ccc2cc(O)ccc2c1. The third kappa shape index (κ3) is 1.81. The van der Waals surface area contributed by atoms with Crippen LogP contribution in [0.4, 0.5) is 0 Å². The van der Waals surface area contributed by atoms with Crippen LogP contribution in [-0.2, 0) is 0 Å². The van der Waals surface area contributed by atoms with E-state index in [1.165, 1.54) is 16.0 Å². The Morgan fingerprint density at radius 2 is 1.71 bits per heavy atom. The van der Waals surface area contributed by atoms with Crippen molar-refractivity contribution < 1.29 is 5.11 Å². The zero-order valence-corrected chi connectivity index (χ0v) is 10.3. The lowest BCUT2D eigenvalue weighted by molar-refractivity contribution is 0.476. The molecule has 0 aliphatic carbocycles. The van der Waals surface area contributed by atoms with E-state index in [9.17, 15) is 5.11 Å². The lowest BCUT2D eigenvalue weighted by Crippen LogP contribution is -1.78. The van der Waals surface area contributed by atoms with Crippen LogP contribution in [0, 0.1) is 6.92 Å². The number of benzene rings is 2. The summed E-state index contributed by atoms with van der Waals surface area (Å²) >= 11 is 1.77. The van der Waals surface area contributed by atoms with Crippen molar-refractivity contribution in [2.45, 2.75) is 6.92 Å². The van der Waals surface area contributed by atoms with Gasteiger partial charge in [-0.2, -0.15) is 0 Å². The van der Waals surface area contributed by atoms with Gasteiger partial charge in [-0.1, -0.05) is 18.2 Å². The van der Waals surface area contributed by atoms with E-state index in [0.717, 1.165) is 10.8 Å². The molecule has 0 unspecified atom stereocenters. The monoisotopic (exact) mass is 240 g/mol. The van der Waals surface area contributed by atoms with Crippen molar-refractivity contribution in [2.75, 3.05) is 0 Å². The van der Waals surface area contributed by atoms with E-state index in [1.54, 1.807) is 23.5 Å². The zero-order chi connectivity index (χ0) is 11.8. The Balaban J connectivity index is 2.20. The molecule has 0 bridgehead atoms. The molecular formula is C15H12OS. The molecule has 1 aromatic heterocycles. The van der Waals surface area contributed by atoms with Crippen molar-refractivity contribution >= 4 is 22.1 Å². The second kappa shape index (κ2) is 3.90. The molecule has 0 spiro atoms. The fraction of sp³-hybridized carbons (Fsp3) is 0.0667. The van der Waals surface area contributed by atoms with Crippen LogP contribution < -0.4 is 0 Å². The summed E-state index contributed by atoms with van der Waals surface area (Å²) in [5.41, 5.74) is 2.53. The maximum atomic E-state index is 9.43. The first-order valence-electron chi connectivity index (χ1n) is 5.51. The van der Waals surface area contributed by atoms with Gasteiger partial charge in [-0.3, -0.25) is 0 Å². The molecular weight excluding hydrogens is 228 g/mol. The molecule has 1 heterocycles. The molecule has 1 N–H and O–H groups in total. The van der Waals surface area contributed by atoms with Gasteiger partial charge in [-0.25, -0.2) is 0 Å². The minimum atomic E-state index is 0.317. The molecule has 0 fully saturated rings. The maximum absolute atomic E-state index is 9.43. The molecule has 3 rings (SSSR count). The zero-order valence-electron chi connectivity index (χ0n) is 9.47. The highest BCUT2D eigenvalue weighted by Gasteiger charge is 2.04. The number of aromatic hydroxyl groups is 1. The van der Waals surface area contributed by atoms with Gasteiger partial charge < -0.3 is 5.11 Å². The summed E-state index contributed by atoms with van der Waals surface area (Å²) in [7, 11) is 0. The standard InChI is InChI=1S/C15H12OS/c1-10-15(6-7-17-10)13-3-2-12-9-14(16)5-4-11(12)8-13/h2-9,16H,1H3. The Morgan fingerprint density at radius 3 is 2.47 bits per heavy atom. The van der Waals surface area contributed by atoms with Crippen molar-refractivity contribution in [3.8, 4) is 16.9 Å². The molecule has 84 valence electrons. The van der Waals surface area contributed by atoms with Crippen LogP contribution >= 0.6 is 11.3 Å². The summed E-state index contributed by atoms with van der Waals surface area (Å²) in [6.45, 7) is 2.14. The van der Waals surface area contributed by atoms with Crippen LogP contribution in [0.1, 0.15) is 4.88 Å². The lowest BCUT2D eigenvalue weighted by atomic mass is 10.0. The highest BCUT2D eigenvalue weighted by Crippen LogP contribution is 2.30. The van der Waals surface area contributed by atoms with E-state index >= 15 is 0 Å². The van der Waals surface area contributed by atoms with Crippen LogP contribution in [0.2, 0.25) is 0 Å². The molecule has 3 aromatic rings. The van der Waals surface area contributed by atoms with E-state index < -0.39 is 0 Å². The van der Waals surface area contributed by atoms with Gasteiger partial charge in [0.1, 0.15) is 5.75 Å². The first kappa shape index (κ1) is 10.4. The van der Waals surface area contributed by atoms with Crippen LogP contribution in [0.5, 0.6) is 5.75 Å². The van der Waals surface area contributed by atoms with Gasteiger partial charge in [0.05, 0.1) is 0 Å². The van der Waals surface area contributed by atoms with Crippen molar-refractivity contribution in [2.24, 2.45) is 0 Å². The van der Waals surface area contributed by atoms with Crippen molar-refractivity contribution in [3.63, 3.8) is 0 Å². The van der Waals surface area contributed by atoms with E-state index in [4.69, 9.17) is 0 Å². The average Bonchev–Trinajstić information content (AvgIpc) is 2.75. The third-order valence-corrected chi connectivity index (χ3v) is 3.84. The summed E-state index contributed by atoms with van der Waals surface area (Å²) in [5, 5.41) is 13.8. The molecule has 0 saturated carbocycles. The molecule has 0 aliphatic rings. The second-order valence-corrected chi connectivity index (χ2v) is 5.26. The number of hydrogen-bond acceptors (Lipinski definition) is 2. The number of rotatable bonds is 1. The molecule has 0 atom stereocenters. The van der Waals surface area contributed by atoms with Gasteiger partial charge in [-0.05, 0) is 58.5 Å². The number of phenols is 1. The summed E-state index contributed by atoms with van der Waals surface area (Å²) in [6.07, 6.45) is 0. The maximum Gasteiger partial charge on any atom is 0.116 e. The molecule has 0 aliphatic heterocycles. The van der Waals surface area contributed by atoms with Gasteiger partial charge in [-0.15, -0.1) is 11.3 Å². The van der Waals surface area contributed by atoms with Gasteiger partial charge >= 0.3 is 0 Å². The first-order valence-corrected chi connectivity index (χ1v) is 6.39. The third-order valence-electron chi connectivity index (χ3n) is 2.99. The number of thiophene rings is 1. The minimum Gasteiger partial charge on any atom is -0.508 e. The fourth-order valence-corrected chi connectivity index (χ4v) is 2.81. The van der Waals surface area contributed by atoms with Gasteiger partial charge in [0.2, 0.25) is 0 Å². The Kier molecular flexibility index (Phi) is 2.37. The smallest absolute Gasteiger partial charge is 0.116 e. The van der Waals surface area contributed by atoms with Gasteiger partial charge in [0.25, 0.3) is 0 Å². The lowest BCUT2D eigenvalue weighted by Gasteiger charge is -2.04. The van der Waals surface area contributed by atoms with Crippen molar-refractivity contribution in [1.29, 1.82) is 0 Å². The van der Waals surface area contributed by atoms with E-state index in [0.29, 0.717) is 5.75 Å². The minimum absolute atomic E-state index is 0.317. The van der Waals surface area contributed by atoms with Crippen LogP contribution in [0.3, 0.4) is 0 Å². The summed E-state index contributed by atoms with van der Waals surface area (Å²) < 4.78 is 0. The second-order valence-electron chi connectivity index (χ2n) is 4.14. The van der Waals surface area contributed by atoms with Gasteiger partial charge in [0.15, 0.2) is 0 Å². The molecule has 0 radical (unpaired) electrons. The molecule has 0 saturated heterocycles. The first-order chi connectivity index (χ1) is 8.24. The number of fused-ring (bicyclic) bond motifs is 1.